The van der Waals surface area contributed by atoms with Crippen LogP contribution in [0.15, 0.2) is 42.6 Å². The molecule has 3 N–H and O–H groups in total. The number of hydrogen-bond donors (Lipinski definition) is 2. The van der Waals surface area contributed by atoms with Crippen LogP contribution in [0.2, 0.25) is 0 Å². The molecule has 2 bridgehead atoms. The number of halogens is 3. The summed E-state index contributed by atoms with van der Waals surface area (Å²) in [5.74, 6) is 1.76. The molecule has 0 aliphatic heterocycles. The molecule has 2 fully saturated rings. The van der Waals surface area contributed by atoms with Crippen LogP contribution in [0.3, 0.4) is 0 Å². The lowest BCUT2D eigenvalue weighted by Crippen LogP contribution is -2.49. The van der Waals surface area contributed by atoms with Crippen LogP contribution in [0.1, 0.15) is 37.7 Å². The van der Waals surface area contributed by atoms with E-state index in [1.807, 2.05) is 6.07 Å². The normalized spacial score (nSPS) is 24.7. The molecule has 2 unspecified atom stereocenters. The Balaban J connectivity index is 0.00000160. The van der Waals surface area contributed by atoms with Crippen LogP contribution in [0.25, 0.3) is 0 Å². The average molecular weight is 456 g/mol. The Labute approximate surface area is 188 Å². The molecule has 2 aliphatic carbocycles. The van der Waals surface area contributed by atoms with Gasteiger partial charge in [-0.05, 0) is 73.4 Å². The summed E-state index contributed by atoms with van der Waals surface area (Å²) in [6.45, 7) is 0.430. The van der Waals surface area contributed by atoms with E-state index in [0.717, 1.165) is 31.2 Å². The summed E-state index contributed by atoms with van der Waals surface area (Å²) in [7, 11) is 0. The summed E-state index contributed by atoms with van der Waals surface area (Å²) in [4.78, 5) is 16.9. The highest BCUT2D eigenvalue weighted by atomic mass is 35.5. The quantitative estimate of drug-likeness (QED) is 0.688. The summed E-state index contributed by atoms with van der Waals surface area (Å²) in [5.41, 5.74) is 7.24. The highest BCUT2D eigenvalue weighted by Gasteiger charge is 2.40. The molecule has 1 aromatic heterocycles. The standard InChI is InChI=1S/C22H26FN3O2.2ClH/c23-18-4-6-19(7-5-18)28-20-10-14(8-9-25-20)13-26-22(27)17-11-15-2-1-3-16(12-17)21(15)24;;/h4-10,15-17,21H,1-3,11-13,24H2,(H,26,27);2*1H. The third-order valence-corrected chi connectivity index (χ3v) is 6.09. The fourth-order valence-electron chi connectivity index (χ4n) is 4.58. The Hall–Kier alpha value is -1.89. The van der Waals surface area contributed by atoms with E-state index in [-0.39, 0.29) is 48.5 Å². The van der Waals surface area contributed by atoms with Crippen LogP contribution < -0.4 is 15.8 Å². The van der Waals surface area contributed by atoms with Gasteiger partial charge in [0.1, 0.15) is 11.6 Å². The monoisotopic (exact) mass is 455 g/mol. The zero-order valence-corrected chi connectivity index (χ0v) is 18.3. The predicted molar refractivity (Wildman–Crippen MR) is 119 cm³/mol. The molecular weight excluding hydrogens is 428 g/mol. The molecule has 1 heterocycles. The number of nitrogens with one attached hydrogen (secondary N) is 1. The van der Waals surface area contributed by atoms with Gasteiger partial charge in [0.2, 0.25) is 11.8 Å². The van der Waals surface area contributed by atoms with Gasteiger partial charge >= 0.3 is 0 Å². The maximum absolute atomic E-state index is 13.0. The van der Waals surface area contributed by atoms with Crippen molar-refractivity contribution in [3.8, 4) is 11.6 Å². The van der Waals surface area contributed by atoms with E-state index in [1.165, 1.54) is 18.6 Å². The van der Waals surface area contributed by atoms with Crippen LogP contribution in [0.4, 0.5) is 4.39 Å². The lowest BCUT2D eigenvalue weighted by molar-refractivity contribution is -0.128. The van der Waals surface area contributed by atoms with Gasteiger partial charge in [0.05, 0.1) is 0 Å². The van der Waals surface area contributed by atoms with Gasteiger partial charge in [-0.1, -0.05) is 6.42 Å². The number of fused-ring (bicyclic) bond motifs is 2. The first-order valence-electron chi connectivity index (χ1n) is 10.00. The number of pyridine rings is 1. The van der Waals surface area contributed by atoms with Gasteiger partial charge in [0, 0.05) is 30.8 Å². The Morgan fingerprint density at radius 2 is 1.80 bits per heavy atom. The van der Waals surface area contributed by atoms with Crippen molar-refractivity contribution in [2.45, 2.75) is 44.7 Å². The van der Waals surface area contributed by atoms with Crippen LogP contribution in [0, 0.1) is 23.6 Å². The maximum Gasteiger partial charge on any atom is 0.223 e. The summed E-state index contributed by atoms with van der Waals surface area (Å²) >= 11 is 0. The first-order valence-corrected chi connectivity index (χ1v) is 10.00. The molecule has 1 amide bonds. The minimum Gasteiger partial charge on any atom is -0.439 e. The first kappa shape index (κ1) is 24.4. The molecule has 0 saturated heterocycles. The number of carbonyl (C=O) groups excluding carboxylic acids is 1. The van der Waals surface area contributed by atoms with E-state index >= 15 is 0 Å². The third-order valence-electron chi connectivity index (χ3n) is 6.09. The van der Waals surface area contributed by atoms with Gasteiger partial charge < -0.3 is 15.8 Å². The molecule has 4 rings (SSSR count). The Kier molecular flexibility index (Phi) is 8.89. The number of benzene rings is 1. The SMILES string of the molecule is Cl.Cl.NC1C2CCCC1CC(C(=O)NCc1ccnc(Oc3ccc(F)cc3)c1)C2. The van der Waals surface area contributed by atoms with Crippen LogP contribution >= 0.6 is 24.8 Å². The fraction of sp³-hybridized carbons (Fsp3) is 0.455. The van der Waals surface area contributed by atoms with E-state index in [1.54, 1.807) is 24.4 Å². The molecule has 2 saturated carbocycles. The van der Waals surface area contributed by atoms with Gasteiger partial charge in [-0.2, -0.15) is 0 Å². The van der Waals surface area contributed by atoms with Crippen LogP contribution in [-0.2, 0) is 11.3 Å². The minimum absolute atomic E-state index is 0. The number of ether oxygens (including phenoxy) is 1. The highest BCUT2D eigenvalue weighted by molar-refractivity contribution is 5.85. The summed E-state index contributed by atoms with van der Waals surface area (Å²) < 4.78 is 18.7. The largest absolute Gasteiger partial charge is 0.439 e. The van der Waals surface area contributed by atoms with Crippen molar-refractivity contribution in [1.29, 1.82) is 0 Å². The van der Waals surface area contributed by atoms with Crippen molar-refractivity contribution in [2.24, 2.45) is 23.5 Å². The highest BCUT2D eigenvalue weighted by Crippen LogP contribution is 2.41. The number of amides is 1. The van der Waals surface area contributed by atoms with Gasteiger partial charge in [-0.15, -0.1) is 24.8 Å². The Morgan fingerprint density at radius 1 is 1.13 bits per heavy atom. The number of rotatable bonds is 5. The van der Waals surface area contributed by atoms with Gasteiger partial charge in [0.15, 0.2) is 0 Å². The average Bonchev–Trinajstić information content (AvgIpc) is 2.68. The molecular formula is C22H28Cl2FN3O2. The van der Waals surface area contributed by atoms with Crippen molar-refractivity contribution in [2.75, 3.05) is 0 Å². The molecule has 0 radical (unpaired) electrons. The zero-order valence-electron chi connectivity index (χ0n) is 16.6. The van der Waals surface area contributed by atoms with Crippen molar-refractivity contribution in [1.82, 2.24) is 10.3 Å². The molecule has 2 atom stereocenters. The molecule has 1 aromatic carbocycles. The van der Waals surface area contributed by atoms with Crippen LogP contribution in [-0.4, -0.2) is 16.9 Å². The number of nitrogens with zero attached hydrogens (tertiary/aromatic N) is 1. The van der Waals surface area contributed by atoms with Crippen molar-refractivity contribution >= 4 is 30.7 Å². The predicted octanol–water partition coefficient (Wildman–Crippen LogP) is 4.63. The second-order valence-corrected chi connectivity index (χ2v) is 7.97. The molecule has 5 nitrogen and oxygen atoms in total. The summed E-state index contributed by atoms with van der Waals surface area (Å²) in [6, 6.07) is 9.68. The number of carbonyl (C=O) groups is 1. The number of hydrogen-bond acceptors (Lipinski definition) is 4. The van der Waals surface area contributed by atoms with E-state index in [0.29, 0.717) is 30.0 Å². The molecule has 164 valence electrons. The Morgan fingerprint density at radius 3 is 2.47 bits per heavy atom. The van der Waals surface area contributed by atoms with E-state index in [4.69, 9.17) is 10.5 Å². The van der Waals surface area contributed by atoms with Crippen molar-refractivity contribution < 1.29 is 13.9 Å². The molecule has 0 spiro atoms. The lowest BCUT2D eigenvalue weighted by atomic mass is 9.65. The van der Waals surface area contributed by atoms with Crippen molar-refractivity contribution in [3.63, 3.8) is 0 Å². The number of nitrogens with two attached hydrogens (primary N) is 1. The summed E-state index contributed by atoms with van der Waals surface area (Å²) in [5, 5.41) is 3.06. The summed E-state index contributed by atoms with van der Waals surface area (Å²) in [6.07, 6.45) is 6.99. The van der Waals surface area contributed by atoms with Crippen LogP contribution in [0.5, 0.6) is 11.6 Å². The zero-order chi connectivity index (χ0) is 19.5. The Bertz CT molecular complexity index is 823. The topological polar surface area (TPSA) is 77.2 Å². The molecule has 2 aromatic rings. The first-order chi connectivity index (χ1) is 13.6. The smallest absolute Gasteiger partial charge is 0.223 e. The van der Waals surface area contributed by atoms with Gasteiger partial charge in [0.25, 0.3) is 0 Å². The maximum atomic E-state index is 13.0. The molecule has 30 heavy (non-hydrogen) atoms. The van der Waals surface area contributed by atoms with Gasteiger partial charge in [-0.3, -0.25) is 4.79 Å². The van der Waals surface area contributed by atoms with Gasteiger partial charge in [-0.25, -0.2) is 9.37 Å². The second-order valence-electron chi connectivity index (χ2n) is 7.97. The molecule has 8 heteroatoms. The van der Waals surface area contributed by atoms with E-state index in [2.05, 4.69) is 10.3 Å². The number of aromatic nitrogens is 1. The minimum atomic E-state index is -0.315. The molecule has 2 aliphatic rings. The van der Waals surface area contributed by atoms with Crippen molar-refractivity contribution in [3.05, 3.63) is 54.0 Å². The third kappa shape index (κ3) is 5.84. The van der Waals surface area contributed by atoms with E-state index < -0.39 is 0 Å². The lowest BCUT2D eigenvalue weighted by Gasteiger charge is -2.43. The van der Waals surface area contributed by atoms with E-state index in [9.17, 15) is 9.18 Å². The fourth-order valence-corrected chi connectivity index (χ4v) is 4.58. The second kappa shape index (κ2) is 10.9.